The van der Waals surface area contributed by atoms with Crippen molar-refractivity contribution >= 4 is 21.9 Å². The Bertz CT molecular complexity index is 572. The van der Waals surface area contributed by atoms with Gasteiger partial charge in [0.2, 0.25) is 0 Å². The van der Waals surface area contributed by atoms with Crippen molar-refractivity contribution in [2.24, 2.45) is 5.92 Å². The third-order valence-corrected chi connectivity index (χ3v) is 4.63. The van der Waals surface area contributed by atoms with Gasteiger partial charge >= 0.3 is 5.97 Å². The first-order chi connectivity index (χ1) is 9.61. The molecule has 1 saturated heterocycles. The summed E-state index contributed by atoms with van der Waals surface area (Å²) >= 11 is 3.04. The van der Waals surface area contributed by atoms with E-state index in [9.17, 15) is 18.7 Å². The Morgan fingerprint density at radius 3 is 2.43 bits per heavy atom. The summed E-state index contributed by atoms with van der Waals surface area (Å²) in [6, 6.07) is 2.16. The molecule has 1 N–H and O–H groups in total. The fourth-order valence-electron chi connectivity index (χ4n) is 2.74. The molecule has 2 rings (SSSR count). The number of carbonyl (C=O) groups is 1. The van der Waals surface area contributed by atoms with Crippen LogP contribution in [-0.2, 0) is 4.79 Å². The van der Waals surface area contributed by atoms with Gasteiger partial charge in [-0.15, -0.1) is 0 Å². The third kappa shape index (κ3) is 3.26. The van der Waals surface area contributed by atoms with E-state index >= 15 is 0 Å². The fourth-order valence-corrected chi connectivity index (χ4v) is 3.10. The van der Waals surface area contributed by atoms with Crippen LogP contribution in [0.5, 0.6) is 0 Å². The lowest BCUT2D eigenvalue weighted by atomic mass is 9.88. The second-order valence-corrected chi connectivity index (χ2v) is 7.27. The molecule has 0 radical (unpaired) electrons. The van der Waals surface area contributed by atoms with Crippen LogP contribution in [0.25, 0.3) is 0 Å². The third-order valence-electron chi connectivity index (χ3n) is 4.02. The van der Waals surface area contributed by atoms with Crippen molar-refractivity contribution in [3.63, 3.8) is 0 Å². The number of rotatable bonds is 2. The summed E-state index contributed by atoms with van der Waals surface area (Å²) in [6.45, 7) is 6.77. The Morgan fingerprint density at radius 1 is 1.29 bits per heavy atom. The van der Waals surface area contributed by atoms with E-state index in [1.165, 1.54) is 6.07 Å². The van der Waals surface area contributed by atoms with Gasteiger partial charge in [-0.1, -0.05) is 0 Å². The number of hydrogen-bond donors (Lipinski definition) is 1. The van der Waals surface area contributed by atoms with Crippen molar-refractivity contribution in [3.05, 3.63) is 33.8 Å². The highest BCUT2D eigenvalue weighted by Crippen LogP contribution is 2.38. The summed E-state index contributed by atoms with van der Waals surface area (Å²) in [5.41, 5.74) is 0.0540. The zero-order valence-electron chi connectivity index (χ0n) is 12.2. The topological polar surface area (TPSA) is 40.5 Å². The van der Waals surface area contributed by atoms with Crippen molar-refractivity contribution in [1.82, 2.24) is 4.90 Å². The molecule has 0 bridgehead atoms. The van der Waals surface area contributed by atoms with E-state index in [-0.39, 0.29) is 15.6 Å². The average Bonchev–Trinajstić information content (AvgIpc) is 2.78. The van der Waals surface area contributed by atoms with Gasteiger partial charge in [0, 0.05) is 30.6 Å². The van der Waals surface area contributed by atoms with E-state index in [1.807, 2.05) is 25.7 Å². The minimum absolute atomic E-state index is 0.150. The molecule has 0 aromatic heterocycles. The van der Waals surface area contributed by atoms with Gasteiger partial charge in [-0.3, -0.25) is 9.69 Å². The molecule has 0 aliphatic carbocycles. The maximum absolute atomic E-state index is 14.1. The molecule has 6 heteroatoms. The Hall–Kier alpha value is -1.01. The highest BCUT2D eigenvalue weighted by Gasteiger charge is 2.43. The van der Waals surface area contributed by atoms with Gasteiger partial charge in [0.15, 0.2) is 0 Å². The molecule has 1 fully saturated rings. The van der Waals surface area contributed by atoms with Crippen LogP contribution in [0.3, 0.4) is 0 Å². The molecule has 116 valence electrons. The second kappa shape index (κ2) is 5.65. The summed E-state index contributed by atoms with van der Waals surface area (Å²) in [6.07, 6.45) is 0. The summed E-state index contributed by atoms with van der Waals surface area (Å²) in [5, 5.41) is 9.41. The van der Waals surface area contributed by atoms with Gasteiger partial charge in [-0.05, 0) is 48.3 Å². The molecule has 0 spiro atoms. The molecule has 0 amide bonds. The van der Waals surface area contributed by atoms with Crippen LogP contribution in [0, 0.1) is 17.6 Å². The molecular weight excluding hydrogens is 344 g/mol. The maximum Gasteiger partial charge on any atom is 0.308 e. The van der Waals surface area contributed by atoms with E-state index in [2.05, 4.69) is 15.9 Å². The SMILES string of the molecule is CC(C)(C)N1C[C@@H](C(=O)O)[C@H](c2cc(Br)c(F)cc2F)C1. The number of carboxylic acids is 1. The number of halogens is 3. The van der Waals surface area contributed by atoms with Crippen molar-refractivity contribution in [1.29, 1.82) is 0 Å². The van der Waals surface area contributed by atoms with Crippen LogP contribution in [0.1, 0.15) is 32.3 Å². The standard InChI is InChI=1S/C15H18BrF2NO2/c1-15(2,3)19-6-9(10(7-19)14(20)21)8-4-11(16)13(18)5-12(8)17/h4-5,9-10H,6-7H2,1-3H3,(H,20,21)/t9-,10+/m0/s1. The smallest absolute Gasteiger partial charge is 0.308 e. The van der Waals surface area contributed by atoms with Gasteiger partial charge in [0.1, 0.15) is 11.6 Å². The van der Waals surface area contributed by atoms with Gasteiger partial charge in [-0.25, -0.2) is 8.78 Å². The molecule has 1 heterocycles. The quantitative estimate of drug-likeness (QED) is 0.817. The minimum Gasteiger partial charge on any atom is -0.481 e. The minimum atomic E-state index is -0.952. The van der Waals surface area contributed by atoms with E-state index in [0.29, 0.717) is 13.1 Å². The summed E-state index contributed by atoms with van der Waals surface area (Å²) in [4.78, 5) is 13.5. The number of likely N-dealkylation sites (tertiary alicyclic amines) is 1. The van der Waals surface area contributed by atoms with Gasteiger partial charge in [0.05, 0.1) is 10.4 Å². The number of aliphatic carboxylic acids is 1. The lowest BCUT2D eigenvalue weighted by Gasteiger charge is -2.31. The molecule has 3 nitrogen and oxygen atoms in total. The van der Waals surface area contributed by atoms with Crippen molar-refractivity contribution in [2.75, 3.05) is 13.1 Å². The Labute approximate surface area is 131 Å². The molecule has 2 atom stereocenters. The van der Waals surface area contributed by atoms with Crippen molar-refractivity contribution < 1.29 is 18.7 Å². The zero-order chi connectivity index (χ0) is 15.9. The number of carboxylic acid groups (broad SMARTS) is 1. The lowest BCUT2D eigenvalue weighted by molar-refractivity contribution is -0.141. The predicted molar refractivity (Wildman–Crippen MR) is 79.3 cm³/mol. The van der Waals surface area contributed by atoms with E-state index < -0.39 is 29.4 Å². The van der Waals surface area contributed by atoms with Gasteiger partial charge < -0.3 is 5.11 Å². The maximum atomic E-state index is 14.1. The van der Waals surface area contributed by atoms with Crippen molar-refractivity contribution in [3.8, 4) is 0 Å². The molecule has 0 saturated carbocycles. The first kappa shape index (κ1) is 16.4. The normalized spacial score (nSPS) is 23.5. The van der Waals surface area contributed by atoms with E-state index in [0.717, 1.165) is 6.07 Å². The number of nitrogens with zero attached hydrogens (tertiary/aromatic N) is 1. The largest absolute Gasteiger partial charge is 0.481 e. The van der Waals surface area contributed by atoms with Gasteiger partial charge in [-0.2, -0.15) is 0 Å². The number of hydrogen-bond acceptors (Lipinski definition) is 2. The zero-order valence-corrected chi connectivity index (χ0v) is 13.7. The first-order valence-corrected chi connectivity index (χ1v) is 7.53. The highest BCUT2D eigenvalue weighted by atomic mass is 79.9. The lowest BCUT2D eigenvalue weighted by Crippen LogP contribution is -2.40. The van der Waals surface area contributed by atoms with Crippen molar-refractivity contribution in [2.45, 2.75) is 32.2 Å². The Balaban J connectivity index is 2.41. The van der Waals surface area contributed by atoms with Crippen LogP contribution in [0.15, 0.2) is 16.6 Å². The van der Waals surface area contributed by atoms with E-state index in [4.69, 9.17) is 0 Å². The van der Waals surface area contributed by atoms with Crippen LogP contribution >= 0.6 is 15.9 Å². The molecule has 21 heavy (non-hydrogen) atoms. The van der Waals surface area contributed by atoms with Crippen LogP contribution in [0.4, 0.5) is 8.78 Å². The second-order valence-electron chi connectivity index (χ2n) is 6.41. The summed E-state index contributed by atoms with van der Waals surface area (Å²) in [7, 11) is 0. The molecular formula is C15H18BrF2NO2. The Morgan fingerprint density at radius 2 is 1.90 bits per heavy atom. The van der Waals surface area contributed by atoms with Crippen LogP contribution in [-0.4, -0.2) is 34.6 Å². The predicted octanol–water partition coefficient (Wildman–Crippen LogP) is 3.63. The molecule has 1 aromatic carbocycles. The summed E-state index contributed by atoms with van der Waals surface area (Å²) < 4.78 is 27.6. The van der Waals surface area contributed by atoms with Crippen LogP contribution < -0.4 is 0 Å². The first-order valence-electron chi connectivity index (χ1n) is 6.73. The van der Waals surface area contributed by atoms with Crippen LogP contribution in [0.2, 0.25) is 0 Å². The fraction of sp³-hybridized carbons (Fsp3) is 0.533. The average molecular weight is 362 g/mol. The molecule has 1 aromatic rings. The molecule has 0 unspecified atom stereocenters. The van der Waals surface area contributed by atoms with Gasteiger partial charge in [0.25, 0.3) is 0 Å². The Kier molecular flexibility index (Phi) is 4.40. The molecule has 1 aliphatic heterocycles. The monoisotopic (exact) mass is 361 g/mol. The number of benzene rings is 1. The van der Waals surface area contributed by atoms with E-state index in [1.54, 1.807) is 0 Å². The highest BCUT2D eigenvalue weighted by molar-refractivity contribution is 9.10. The summed E-state index contributed by atoms with van der Waals surface area (Å²) in [5.74, 6) is -3.52. The molecule has 1 aliphatic rings.